The first-order chi connectivity index (χ1) is 9.23. The van der Waals surface area contributed by atoms with Gasteiger partial charge in [-0.15, -0.1) is 0 Å². The second kappa shape index (κ2) is 6.33. The Morgan fingerprint density at radius 2 is 2.00 bits per heavy atom. The van der Waals surface area contributed by atoms with Gasteiger partial charge in [0, 0.05) is 19.6 Å². The molecule has 0 unspecified atom stereocenters. The molecule has 4 heteroatoms. The van der Waals surface area contributed by atoms with E-state index >= 15 is 0 Å². The van der Waals surface area contributed by atoms with E-state index in [1.165, 1.54) is 19.3 Å². The highest BCUT2D eigenvalue weighted by atomic mass is 15.2. The molecule has 0 aliphatic carbocycles. The van der Waals surface area contributed by atoms with Crippen molar-refractivity contribution in [2.45, 2.75) is 46.6 Å². The Morgan fingerprint density at radius 1 is 1.21 bits per heavy atom. The SMILES string of the molecule is CCNCc1cnc(N2CCC(CC)(CC)C2)cn1. The zero-order chi connectivity index (χ0) is 13.7. The average Bonchev–Trinajstić information content (AvgIpc) is 2.91. The molecule has 0 saturated carbocycles. The topological polar surface area (TPSA) is 41.1 Å². The van der Waals surface area contributed by atoms with Gasteiger partial charge < -0.3 is 10.2 Å². The quantitative estimate of drug-likeness (QED) is 0.855. The minimum absolute atomic E-state index is 0.490. The summed E-state index contributed by atoms with van der Waals surface area (Å²) in [5, 5.41) is 3.27. The lowest BCUT2D eigenvalue weighted by atomic mass is 9.82. The summed E-state index contributed by atoms with van der Waals surface area (Å²) in [6, 6.07) is 0. The van der Waals surface area contributed by atoms with E-state index in [0.717, 1.165) is 37.7 Å². The second-order valence-corrected chi connectivity index (χ2v) is 5.52. The van der Waals surface area contributed by atoms with Crippen LogP contribution in [0.4, 0.5) is 5.82 Å². The Labute approximate surface area is 116 Å². The van der Waals surface area contributed by atoms with Crippen molar-refractivity contribution in [2.24, 2.45) is 5.41 Å². The van der Waals surface area contributed by atoms with Crippen LogP contribution in [-0.4, -0.2) is 29.6 Å². The summed E-state index contributed by atoms with van der Waals surface area (Å²) in [6.07, 6.45) is 7.61. The highest BCUT2D eigenvalue weighted by molar-refractivity contribution is 5.38. The van der Waals surface area contributed by atoms with Crippen LogP contribution in [0.15, 0.2) is 12.4 Å². The predicted molar refractivity (Wildman–Crippen MR) is 79.3 cm³/mol. The largest absolute Gasteiger partial charge is 0.355 e. The molecule has 1 aromatic rings. The molecule has 2 heterocycles. The Hall–Kier alpha value is -1.16. The lowest BCUT2D eigenvalue weighted by Crippen LogP contribution is -2.27. The molecule has 1 saturated heterocycles. The van der Waals surface area contributed by atoms with Gasteiger partial charge in [0.15, 0.2) is 0 Å². The predicted octanol–water partition coefficient (Wildman–Crippen LogP) is 2.60. The summed E-state index contributed by atoms with van der Waals surface area (Å²) in [4.78, 5) is 11.5. The zero-order valence-electron chi connectivity index (χ0n) is 12.4. The third kappa shape index (κ3) is 3.24. The van der Waals surface area contributed by atoms with Gasteiger partial charge in [-0.05, 0) is 31.2 Å². The first kappa shape index (κ1) is 14.3. The molecule has 1 N–H and O–H groups in total. The van der Waals surface area contributed by atoms with Crippen LogP contribution in [0.25, 0.3) is 0 Å². The van der Waals surface area contributed by atoms with Crippen LogP contribution in [0, 0.1) is 5.41 Å². The first-order valence-electron chi connectivity index (χ1n) is 7.49. The Balaban J connectivity index is 1.99. The Bertz CT molecular complexity index is 384. The number of hydrogen-bond donors (Lipinski definition) is 1. The van der Waals surface area contributed by atoms with Crippen LogP contribution in [0.1, 0.15) is 45.7 Å². The van der Waals surface area contributed by atoms with Crippen molar-refractivity contribution in [1.29, 1.82) is 0 Å². The van der Waals surface area contributed by atoms with Gasteiger partial charge in [-0.2, -0.15) is 0 Å². The van der Waals surface area contributed by atoms with Crippen LogP contribution in [0.3, 0.4) is 0 Å². The molecule has 4 nitrogen and oxygen atoms in total. The molecule has 19 heavy (non-hydrogen) atoms. The van der Waals surface area contributed by atoms with Gasteiger partial charge in [-0.25, -0.2) is 4.98 Å². The minimum Gasteiger partial charge on any atom is -0.355 e. The fourth-order valence-electron chi connectivity index (χ4n) is 2.81. The number of rotatable bonds is 6. The lowest BCUT2D eigenvalue weighted by molar-refractivity contribution is 0.301. The fourth-order valence-corrected chi connectivity index (χ4v) is 2.81. The maximum absolute atomic E-state index is 4.57. The fraction of sp³-hybridized carbons (Fsp3) is 0.733. The Kier molecular flexibility index (Phi) is 4.75. The van der Waals surface area contributed by atoms with Crippen LogP contribution >= 0.6 is 0 Å². The number of aromatic nitrogens is 2. The normalized spacial score (nSPS) is 17.9. The Morgan fingerprint density at radius 3 is 2.53 bits per heavy atom. The van der Waals surface area contributed by atoms with Crippen LogP contribution in [0.2, 0.25) is 0 Å². The molecule has 106 valence electrons. The van der Waals surface area contributed by atoms with Gasteiger partial charge in [0.25, 0.3) is 0 Å². The molecule has 0 amide bonds. The molecule has 0 aromatic carbocycles. The van der Waals surface area contributed by atoms with E-state index in [4.69, 9.17) is 0 Å². The van der Waals surface area contributed by atoms with Gasteiger partial charge in [0.1, 0.15) is 5.82 Å². The number of nitrogens with one attached hydrogen (secondary N) is 1. The zero-order valence-corrected chi connectivity index (χ0v) is 12.4. The van der Waals surface area contributed by atoms with Crippen molar-refractivity contribution < 1.29 is 0 Å². The van der Waals surface area contributed by atoms with Crippen LogP contribution in [-0.2, 0) is 6.54 Å². The molecule has 0 radical (unpaired) electrons. The van der Waals surface area contributed by atoms with Crippen molar-refractivity contribution in [3.8, 4) is 0 Å². The van der Waals surface area contributed by atoms with Gasteiger partial charge >= 0.3 is 0 Å². The summed E-state index contributed by atoms with van der Waals surface area (Å²) in [6.45, 7) is 10.7. The lowest BCUT2D eigenvalue weighted by Gasteiger charge is -2.26. The van der Waals surface area contributed by atoms with Crippen LogP contribution < -0.4 is 10.2 Å². The average molecular weight is 262 g/mol. The number of nitrogens with zero attached hydrogens (tertiary/aromatic N) is 3. The highest BCUT2D eigenvalue weighted by Gasteiger charge is 2.35. The third-order valence-corrected chi connectivity index (χ3v) is 4.51. The molecule has 1 aliphatic heterocycles. The van der Waals surface area contributed by atoms with Gasteiger partial charge in [0.2, 0.25) is 0 Å². The molecule has 1 fully saturated rings. The summed E-state index contributed by atoms with van der Waals surface area (Å²) >= 11 is 0. The monoisotopic (exact) mass is 262 g/mol. The number of hydrogen-bond acceptors (Lipinski definition) is 4. The third-order valence-electron chi connectivity index (χ3n) is 4.51. The van der Waals surface area contributed by atoms with Gasteiger partial charge in [-0.3, -0.25) is 4.98 Å². The minimum atomic E-state index is 0.490. The van der Waals surface area contributed by atoms with Crippen molar-refractivity contribution in [3.05, 3.63) is 18.1 Å². The smallest absolute Gasteiger partial charge is 0.147 e. The van der Waals surface area contributed by atoms with E-state index in [2.05, 4.69) is 41.0 Å². The van der Waals surface area contributed by atoms with E-state index in [0.29, 0.717) is 5.41 Å². The van der Waals surface area contributed by atoms with E-state index in [9.17, 15) is 0 Å². The number of anilines is 1. The van der Waals surface area contributed by atoms with Gasteiger partial charge in [-0.1, -0.05) is 20.8 Å². The standard InChI is InChI=1S/C15H26N4/c1-4-15(5-2)7-8-19(12-15)14-11-17-13(10-18-14)9-16-6-3/h10-11,16H,4-9,12H2,1-3H3. The summed E-state index contributed by atoms with van der Waals surface area (Å²) in [5.74, 6) is 1.03. The summed E-state index contributed by atoms with van der Waals surface area (Å²) in [7, 11) is 0. The maximum atomic E-state index is 4.57. The molecular weight excluding hydrogens is 236 g/mol. The summed E-state index contributed by atoms with van der Waals surface area (Å²) < 4.78 is 0. The van der Waals surface area contributed by atoms with Gasteiger partial charge in [0.05, 0.1) is 18.1 Å². The molecule has 1 aromatic heterocycles. The van der Waals surface area contributed by atoms with E-state index in [1.807, 2.05) is 12.4 Å². The summed E-state index contributed by atoms with van der Waals surface area (Å²) in [5.41, 5.74) is 1.51. The molecule has 0 spiro atoms. The van der Waals surface area contributed by atoms with Crippen molar-refractivity contribution in [1.82, 2.24) is 15.3 Å². The second-order valence-electron chi connectivity index (χ2n) is 5.52. The van der Waals surface area contributed by atoms with Crippen molar-refractivity contribution >= 4 is 5.82 Å². The maximum Gasteiger partial charge on any atom is 0.147 e. The van der Waals surface area contributed by atoms with E-state index in [-0.39, 0.29) is 0 Å². The molecule has 2 rings (SSSR count). The van der Waals surface area contributed by atoms with E-state index in [1.54, 1.807) is 0 Å². The van der Waals surface area contributed by atoms with E-state index < -0.39 is 0 Å². The van der Waals surface area contributed by atoms with Crippen LogP contribution in [0.5, 0.6) is 0 Å². The molecule has 0 bridgehead atoms. The molecule has 0 atom stereocenters. The molecular formula is C15H26N4. The molecule has 1 aliphatic rings. The first-order valence-corrected chi connectivity index (χ1v) is 7.49. The van der Waals surface area contributed by atoms with Crippen molar-refractivity contribution in [2.75, 3.05) is 24.5 Å². The van der Waals surface area contributed by atoms with Crippen molar-refractivity contribution in [3.63, 3.8) is 0 Å². The highest BCUT2D eigenvalue weighted by Crippen LogP contribution is 2.38.